The molecule has 0 amide bonds. The Morgan fingerprint density at radius 2 is 2.19 bits per heavy atom. The van der Waals surface area contributed by atoms with Gasteiger partial charge in [0.15, 0.2) is 5.82 Å². The summed E-state index contributed by atoms with van der Waals surface area (Å²) in [5.41, 5.74) is 0.504. The van der Waals surface area contributed by atoms with Crippen molar-refractivity contribution in [1.29, 1.82) is 0 Å². The summed E-state index contributed by atoms with van der Waals surface area (Å²) in [7, 11) is 1.62. The van der Waals surface area contributed by atoms with Gasteiger partial charge in [0.25, 0.3) is 5.56 Å². The lowest BCUT2D eigenvalue weighted by Gasteiger charge is -2.10. The number of nitrogens with one attached hydrogen (secondary N) is 1. The van der Waals surface area contributed by atoms with Crippen molar-refractivity contribution in [3.8, 4) is 0 Å². The first kappa shape index (κ1) is 14.2. The molecule has 0 spiro atoms. The lowest BCUT2D eigenvalue weighted by atomic mass is 10.2. The molecule has 0 atom stereocenters. The number of nitrogens with zero attached hydrogens (tertiary/aromatic N) is 5. The van der Waals surface area contributed by atoms with Crippen LogP contribution in [0.5, 0.6) is 0 Å². The van der Waals surface area contributed by atoms with Crippen molar-refractivity contribution < 1.29 is 0 Å². The minimum atomic E-state index is -0.167. The molecule has 0 aromatic carbocycles. The highest BCUT2D eigenvalue weighted by atomic mass is 79.9. The van der Waals surface area contributed by atoms with Gasteiger partial charge in [-0.3, -0.25) is 4.79 Å². The highest BCUT2D eigenvalue weighted by Crippen LogP contribution is 2.18. The second-order valence-electron chi connectivity index (χ2n) is 5.15. The van der Waals surface area contributed by atoms with Gasteiger partial charge in [-0.1, -0.05) is 6.42 Å². The zero-order chi connectivity index (χ0) is 14.8. The van der Waals surface area contributed by atoms with Crippen molar-refractivity contribution in [3.63, 3.8) is 0 Å². The Morgan fingerprint density at radius 1 is 1.33 bits per heavy atom. The quantitative estimate of drug-likeness (QED) is 0.904. The number of hydrogen-bond acceptors (Lipinski definition) is 5. The molecule has 0 aliphatic carbocycles. The smallest absolute Gasteiger partial charge is 0.282 e. The van der Waals surface area contributed by atoms with Crippen molar-refractivity contribution in [2.45, 2.75) is 38.8 Å². The van der Waals surface area contributed by atoms with E-state index >= 15 is 0 Å². The molecule has 2 aromatic rings. The van der Waals surface area contributed by atoms with Crippen LogP contribution in [0.2, 0.25) is 0 Å². The van der Waals surface area contributed by atoms with Crippen molar-refractivity contribution in [1.82, 2.24) is 24.5 Å². The van der Waals surface area contributed by atoms with E-state index in [2.05, 4.69) is 41.1 Å². The number of anilines is 1. The van der Waals surface area contributed by atoms with Crippen molar-refractivity contribution in [3.05, 3.63) is 32.7 Å². The van der Waals surface area contributed by atoms with Crippen LogP contribution in [0.15, 0.2) is 15.5 Å². The fourth-order valence-corrected chi connectivity index (χ4v) is 2.98. The number of rotatable bonds is 3. The van der Waals surface area contributed by atoms with Crippen molar-refractivity contribution in [2.24, 2.45) is 7.05 Å². The van der Waals surface area contributed by atoms with Gasteiger partial charge in [0.05, 0.1) is 18.4 Å². The number of fused-ring (bicyclic) bond motifs is 1. The van der Waals surface area contributed by atoms with Crippen LogP contribution in [-0.2, 0) is 26.6 Å². The van der Waals surface area contributed by atoms with Crippen molar-refractivity contribution in [2.75, 3.05) is 5.32 Å². The number of aryl methyl sites for hydroxylation is 2. The fourth-order valence-electron chi connectivity index (χ4n) is 2.48. The van der Waals surface area contributed by atoms with Gasteiger partial charge in [-0.2, -0.15) is 5.10 Å². The first-order valence-corrected chi connectivity index (χ1v) is 7.83. The third-order valence-electron chi connectivity index (χ3n) is 3.70. The number of halogens is 1. The molecule has 1 aliphatic rings. The molecule has 0 saturated carbocycles. The second kappa shape index (κ2) is 5.97. The summed E-state index contributed by atoms with van der Waals surface area (Å²) in [4.78, 5) is 11.8. The molecular weight excluding hydrogens is 336 g/mol. The Kier molecular flexibility index (Phi) is 4.05. The molecule has 3 rings (SSSR count). The second-order valence-corrected chi connectivity index (χ2v) is 5.94. The van der Waals surface area contributed by atoms with E-state index < -0.39 is 0 Å². The third-order valence-corrected chi connectivity index (χ3v) is 4.47. The summed E-state index contributed by atoms with van der Waals surface area (Å²) >= 11 is 3.30. The average molecular weight is 353 g/mol. The maximum atomic E-state index is 11.8. The van der Waals surface area contributed by atoms with Gasteiger partial charge in [-0.25, -0.2) is 4.68 Å². The lowest BCUT2D eigenvalue weighted by molar-refractivity contribution is 0.609. The predicted molar refractivity (Wildman–Crippen MR) is 82.1 cm³/mol. The highest BCUT2D eigenvalue weighted by molar-refractivity contribution is 9.10. The molecule has 0 bridgehead atoms. The van der Waals surface area contributed by atoms with Crippen LogP contribution in [0.3, 0.4) is 0 Å². The molecule has 0 fully saturated rings. The first-order chi connectivity index (χ1) is 10.2. The maximum absolute atomic E-state index is 11.8. The van der Waals surface area contributed by atoms with Crippen LogP contribution in [0.4, 0.5) is 5.69 Å². The standard InChI is InChI=1S/C13H17BrN6O/c1-19-13(21)12(14)9(7-16-19)15-8-11-18-17-10-5-3-2-4-6-20(10)11/h7,15H,2-6,8H2,1H3. The third kappa shape index (κ3) is 2.85. The van der Waals surface area contributed by atoms with E-state index in [0.717, 1.165) is 31.0 Å². The molecule has 2 aromatic heterocycles. The van der Waals surface area contributed by atoms with Crippen LogP contribution >= 0.6 is 15.9 Å². The number of aromatic nitrogens is 5. The van der Waals surface area contributed by atoms with Gasteiger partial charge < -0.3 is 9.88 Å². The van der Waals surface area contributed by atoms with E-state index in [0.29, 0.717) is 16.7 Å². The summed E-state index contributed by atoms with van der Waals surface area (Å²) in [5.74, 6) is 1.96. The molecule has 1 N–H and O–H groups in total. The largest absolute Gasteiger partial charge is 0.375 e. The maximum Gasteiger partial charge on any atom is 0.282 e. The molecule has 21 heavy (non-hydrogen) atoms. The first-order valence-electron chi connectivity index (χ1n) is 7.03. The number of hydrogen-bond donors (Lipinski definition) is 1. The van der Waals surface area contributed by atoms with E-state index in [9.17, 15) is 4.79 Å². The molecule has 7 nitrogen and oxygen atoms in total. The summed E-state index contributed by atoms with van der Waals surface area (Å²) in [5, 5.41) is 15.7. The van der Waals surface area contributed by atoms with Gasteiger partial charge in [0.1, 0.15) is 10.3 Å². The summed E-state index contributed by atoms with van der Waals surface area (Å²) in [6.07, 6.45) is 6.20. The SMILES string of the molecule is Cn1ncc(NCc2nnc3n2CCCCC3)c(Br)c1=O. The van der Waals surface area contributed by atoms with Crippen LogP contribution in [0.1, 0.15) is 30.9 Å². The van der Waals surface area contributed by atoms with E-state index in [1.54, 1.807) is 13.2 Å². The van der Waals surface area contributed by atoms with Crippen LogP contribution in [0, 0.1) is 0 Å². The Labute approximate surface area is 130 Å². The van der Waals surface area contributed by atoms with Gasteiger partial charge in [0, 0.05) is 20.0 Å². The summed E-state index contributed by atoms with van der Waals surface area (Å²) < 4.78 is 3.96. The Bertz CT molecular complexity index is 707. The molecule has 1 aliphatic heterocycles. The van der Waals surface area contributed by atoms with Crippen molar-refractivity contribution >= 4 is 21.6 Å². The van der Waals surface area contributed by atoms with Gasteiger partial charge >= 0.3 is 0 Å². The van der Waals surface area contributed by atoms with Crippen LogP contribution in [-0.4, -0.2) is 24.5 Å². The monoisotopic (exact) mass is 352 g/mol. The van der Waals surface area contributed by atoms with Gasteiger partial charge in [-0.15, -0.1) is 10.2 Å². The predicted octanol–water partition coefficient (Wildman–Crippen LogP) is 1.47. The lowest BCUT2D eigenvalue weighted by Crippen LogP contribution is -2.21. The molecule has 0 unspecified atom stereocenters. The zero-order valence-corrected chi connectivity index (χ0v) is 13.4. The van der Waals surface area contributed by atoms with E-state index in [1.165, 1.54) is 17.5 Å². The molecule has 0 radical (unpaired) electrons. The van der Waals surface area contributed by atoms with E-state index in [1.807, 2.05) is 0 Å². The Morgan fingerprint density at radius 3 is 3.05 bits per heavy atom. The molecular formula is C13H17BrN6O. The molecule has 8 heteroatoms. The highest BCUT2D eigenvalue weighted by Gasteiger charge is 2.15. The van der Waals surface area contributed by atoms with Gasteiger partial charge in [-0.05, 0) is 28.8 Å². The minimum Gasteiger partial charge on any atom is -0.375 e. The fraction of sp³-hybridized carbons (Fsp3) is 0.538. The zero-order valence-electron chi connectivity index (χ0n) is 11.8. The normalized spacial score (nSPS) is 14.6. The van der Waals surface area contributed by atoms with Crippen LogP contribution in [0.25, 0.3) is 0 Å². The molecule has 3 heterocycles. The summed E-state index contributed by atoms with van der Waals surface area (Å²) in [6, 6.07) is 0. The van der Waals surface area contributed by atoms with Crippen LogP contribution < -0.4 is 10.9 Å². The van der Waals surface area contributed by atoms with E-state index in [-0.39, 0.29) is 5.56 Å². The topological polar surface area (TPSA) is 77.6 Å². The van der Waals surface area contributed by atoms with Gasteiger partial charge in [0.2, 0.25) is 0 Å². The summed E-state index contributed by atoms with van der Waals surface area (Å²) in [6.45, 7) is 1.50. The molecule has 0 saturated heterocycles. The Hall–Kier alpha value is -1.70. The Balaban J connectivity index is 1.78. The average Bonchev–Trinajstić information content (AvgIpc) is 2.71. The minimum absolute atomic E-state index is 0.167. The molecule has 112 valence electrons. The van der Waals surface area contributed by atoms with E-state index in [4.69, 9.17) is 0 Å².